The molecule has 0 radical (unpaired) electrons. The zero-order valence-electron chi connectivity index (χ0n) is 21.8. The van der Waals surface area contributed by atoms with Gasteiger partial charge in [0.05, 0.1) is 24.1 Å². The Balaban J connectivity index is 1.29. The molecule has 2 fully saturated rings. The number of carbonyl (C=O) groups excluding carboxylic acids is 4. The Labute approximate surface area is 230 Å². The standard InChI is InChI=1S/C27H30N4O7S/c1-3-4-13-36-26(34)30-11-9-21(10-12-30)38-24-15-23(28-17-29-24)37-20-7-5-19(6-8-20)14-22-25(33)31(16-18(2)32)27(35)39-22/h5-8,14-15,17,21H,3-4,9-13,16H2,1-2H3. The number of benzene rings is 1. The molecular formula is C27H30N4O7S. The van der Waals surface area contributed by atoms with Crippen LogP contribution in [0.4, 0.5) is 9.59 Å². The van der Waals surface area contributed by atoms with Gasteiger partial charge < -0.3 is 19.1 Å². The number of thioether (sulfide) groups is 1. The van der Waals surface area contributed by atoms with Gasteiger partial charge in [-0.2, -0.15) is 0 Å². The lowest BCUT2D eigenvalue weighted by atomic mass is 10.1. The predicted octanol–water partition coefficient (Wildman–Crippen LogP) is 4.67. The largest absolute Gasteiger partial charge is 0.474 e. The van der Waals surface area contributed by atoms with Crippen LogP contribution in [0.3, 0.4) is 0 Å². The first kappa shape index (κ1) is 28.1. The van der Waals surface area contributed by atoms with Crippen molar-refractivity contribution in [2.45, 2.75) is 45.6 Å². The number of hydrogen-bond acceptors (Lipinski definition) is 10. The first-order chi connectivity index (χ1) is 18.8. The number of likely N-dealkylation sites (tertiary alicyclic amines) is 1. The summed E-state index contributed by atoms with van der Waals surface area (Å²) >= 11 is 0.805. The van der Waals surface area contributed by atoms with Crippen LogP contribution in [0.5, 0.6) is 17.5 Å². The molecule has 0 saturated carbocycles. The third-order valence-electron chi connectivity index (χ3n) is 5.98. The van der Waals surface area contributed by atoms with Gasteiger partial charge in [-0.3, -0.25) is 19.3 Å². The maximum Gasteiger partial charge on any atom is 0.409 e. The second-order valence-electron chi connectivity index (χ2n) is 9.11. The van der Waals surface area contributed by atoms with Crippen LogP contribution in [-0.2, 0) is 14.3 Å². The highest BCUT2D eigenvalue weighted by molar-refractivity contribution is 8.18. The lowest BCUT2D eigenvalue weighted by molar-refractivity contribution is -0.127. The van der Waals surface area contributed by atoms with Crippen molar-refractivity contribution < 1.29 is 33.4 Å². The molecular weight excluding hydrogens is 524 g/mol. The van der Waals surface area contributed by atoms with Gasteiger partial charge >= 0.3 is 6.09 Å². The SMILES string of the molecule is CCCCOC(=O)N1CCC(Oc2cc(Oc3ccc(C=C4SC(=O)N(CC(C)=O)C4=O)cc3)ncn2)CC1. The summed E-state index contributed by atoms with van der Waals surface area (Å²) in [5.74, 6) is 0.448. The number of amides is 3. The quantitative estimate of drug-likeness (QED) is 0.302. The molecule has 1 aromatic heterocycles. The molecule has 2 aliphatic heterocycles. The van der Waals surface area contributed by atoms with Gasteiger partial charge in [-0.25, -0.2) is 14.8 Å². The number of aromatic nitrogens is 2. The maximum absolute atomic E-state index is 12.4. The van der Waals surface area contributed by atoms with Crippen molar-refractivity contribution in [2.24, 2.45) is 0 Å². The summed E-state index contributed by atoms with van der Waals surface area (Å²) in [6.45, 7) is 4.70. The molecule has 11 nitrogen and oxygen atoms in total. The molecule has 2 saturated heterocycles. The monoisotopic (exact) mass is 554 g/mol. The van der Waals surface area contributed by atoms with E-state index in [9.17, 15) is 19.2 Å². The molecule has 0 N–H and O–H groups in total. The third-order valence-corrected chi connectivity index (χ3v) is 6.89. The van der Waals surface area contributed by atoms with Crippen molar-refractivity contribution in [1.29, 1.82) is 0 Å². The first-order valence-electron chi connectivity index (χ1n) is 12.8. The van der Waals surface area contributed by atoms with E-state index in [-0.39, 0.29) is 29.4 Å². The van der Waals surface area contributed by atoms with Gasteiger partial charge in [0.2, 0.25) is 11.8 Å². The van der Waals surface area contributed by atoms with Crippen molar-refractivity contribution in [1.82, 2.24) is 19.8 Å². The van der Waals surface area contributed by atoms with Crippen LogP contribution in [-0.4, -0.2) is 75.1 Å². The van der Waals surface area contributed by atoms with Crippen LogP contribution in [0.25, 0.3) is 6.08 Å². The lowest BCUT2D eigenvalue weighted by Crippen LogP contribution is -2.42. The normalized spacial score (nSPS) is 17.0. The first-order valence-corrected chi connectivity index (χ1v) is 13.6. The second-order valence-corrected chi connectivity index (χ2v) is 10.1. The molecule has 2 aliphatic rings. The van der Waals surface area contributed by atoms with Gasteiger partial charge in [0.1, 0.15) is 24.0 Å². The summed E-state index contributed by atoms with van der Waals surface area (Å²) in [7, 11) is 0. The van der Waals surface area contributed by atoms with E-state index in [1.165, 1.54) is 13.3 Å². The van der Waals surface area contributed by atoms with Gasteiger partial charge in [-0.15, -0.1) is 0 Å². The molecule has 39 heavy (non-hydrogen) atoms. The molecule has 206 valence electrons. The van der Waals surface area contributed by atoms with E-state index in [1.54, 1.807) is 41.3 Å². The average Bonchev–Trinajstić information content (AvgIpc) is 3.17. The number of ether oxygens (including phenoxy) is 3. The maximum atomic E-state index is 12.4. The summed E-state index contributed by atoms with van der Waals surface area (Å²) in [5.41, 5.74) is 0.697. The fourth-order valence-corrected chi connectivity index (χ4v) is 4.77. The zero-order valence-corrected chi connectivity index (χ0v) is 22.6. The molecule has 0 unspecified atom stereocenters. The number of carbonyl (C=O) groups is 4. The Morgan fingerprint density at radius 2 is 1.82 bits per heavy atom. The zero-order chi connectivity index (χ0) is 27.8. The fraction of sp³-hybridized carbons (Fsp3) is 0.407. The smallest absolute Gasteiger partial charge is 0.409 e. The average molecular weight is 555 g/mol. The third kappa shape index (κ3) is 7.79. The van der Waals surface area contributed by atoms with Crippen molar-refractivity contribution >= 4 is 40.9 Å². The second kappa shape index (κ2) is 13.2. The number of Topliss-reactive ketones (excluding diaryl/α,β-unsaturated/α-hetero) is 1. The Hall–Kier alpha value is -3.93. The number of piperidine rings is 1. The van der Waals surface area contributed by atoms with Gasteiger partial charge in [0, 0.05) is 25.9 Å². The van der Waals surface area contributed by atoms with Crippen LogP contribution in [0, 0.1) is 0 Å². The molecule has 3 heterocycles. The summed E-state index contributed by atoms with van der Waals surface area (Å²) in [6.07, 6.45) is 5.75. The van der Waals surface area contributed by atoms with Crippen molar-refractivity contribution in [3.05, 3.63) is 47.1 Å². The summed E-state index contributed by atoms with van der Waals surface area (Å²) in [4.78, 5) is 59.1. The number of imide groups is 1. The van der Waals surface area contributed by atoms with Crippen LogP contribution < -0.4 is 9.47 Å². The van der Waals surface area contributed by atoms with E-state index in [4.69, 9.17) is 14.2 Å². The van der Waals surface area contributed by atoms with Gasteiger partial charge in [0.25, 0.3) is 11.1 Å². The minimum absolute atomic E-state index is 0.0887. The Morgan fingerprint density at radius 3 is 2.51 bits per heavy atom. The molecule has 3 amide bonds. The van der Waals surface area contributed by atoms with E-state index in [0.717, 1.165) is 29.5 Å². The fourth-order valence-electron chi connectivity index (χ4n) is 3.93. The highest BCUT2D eigenvalue weighted by Gasteiger charge is 2.35. The molecule has 0 atom stereocenters. The molecule has 0 spiro atoms. The van der Waals surface area contributed by atoms with Crippen LogP contribution >= 0.6 is 11.8 Å². The predicted molar refractivity (Wildman–Crippen MR) is 143 cm³/mol. The minimum Gasteiger partial charge on any atom is -0.474 e. The van der Waals surface area contributed by atoms with E-state index in [0.29, 0.717) is 55.6 Å². The topological polar surface area (TPSA) is 128 Å². The summed E-state index contributed by atoms with van der Waals surface area (Å²) < 4.78 is 17.1. The highest BCUT2D eigenvalue weighted by Crippen LogP contribution is 2.32. The molecule has 0 bridgehead atoms. The van der Waals surface area contributed by atoms with Crippen molar-refractivity contribution in [2.75, 3.05) is 26.2 Å². The van der Waals surface area contributed by atoms with Crippen LogP contribution in [0.2, 0.25) is 0 Å². The van der Waals surface area contributed by atoms with E-state index < -0.39 is 11.1 Å². The Kier molecular flexibility index (Phi) is 9.53. The Bertz CT molecular complexity index is 1240. The molecule has 4 rings (SSSR count). The molecule has 2 aromatic rings. The number of nitrogens with zero attached hydrogens (tertiary/aromatic N) is 4. The van der Waals surface area contributed by atoms with Gasteiger partial charge in [-0.05, 0) is 48.9 Å². The number of hydrogen-bond donors (Lipinski definition) is 0. The minimum atomic E-state index is -0.480. The van der Waals surface area contributed by atoms with E-state index >= 15 is 0 Å². The van der Waals surface area contributed by atoms with Crippen molar-refractivity contribution in [3.63, 3.8) is 0 Å². The number of rotatable bonds is 10. The summed E-state index contributed by atoms with van der Waals surface area (Å²) in [5, 5.41) is -0.460. The van der Waals surface area contributed by atoms with Crippen molar-refractivity contribution in [3.8, 4) is 17.5 Å². The van der Waals surface area contributed by atoms with Crippen LogP contribution in [0.15, 0.2) is 41.6 Å². The number of ketones is 1. The highest BCUT2D eigenvalue weighted by atomic mass is 32.2. The molecule has 1 aromatic carbocycles. The van der Waals surface area contributed by atoms with Gasteiger partial charge in [0.15, 0.2) is 0 Å². The number of unbranched alkanes of at least 4 members (excludes halogenated alkanes) is 1. The summed E-state index contributed by atoms with van der Waals surface area (Å²) in [6, 6.07) is 8.51. The van der Waals surface area contributed by atoms with Crippen LogP contribution in [0.1, 0.15) is 45.1 Å². The molecule has 0 aliphatic carbocycles. The Morgan fingerprint density at radius 1 is 1.10 bits per heavy atom. The van der Waals surface area contributed by atoms with E-state index in [1.807, 2.05) is 6.92 Å². The van der Waals surface area contributed by atoms with E-state index in [2.05, 4.69) is 9.97 Å². The molecule has 12 heteroatoms. The van der Waals surface area contributed by atoms with Gasteiger partial charge in [-0.1, -0.05) is 25.5 Å². The lowest BCUT2D eigenvalue weighted by Gasteiger charge is -2.31.